The van der Waals surface area contributed by atoms with Crippen LogP contribution >= 0.6 is 11.3 Å². The van der Waals surface area contributed by atoms with Crippen molar-refractivity contribution in [1.82, 2.24) is 9.97 Å². The van der Waals surface area contributed by atoms with Gasteiger partial charge in [0.05, 0.1) is 11.3 Å². The summed E-state index contributed by atoms with van der Waals surface area (Å²) >= 11 is 1.47. The van der Waals surface area contributed by atoms with Gasteiger partial charge in [-0.15, -0.1) is 11.3 Å². The number of aromatic hydroxyl groups is 1. The normalized spacial score (nSPS) is 10.5. The molecule has 0 saturated heterocycles. The van der Waals surface area contributed by atoms with Gasteiger partial charge in [-0.05, 0) is 55.0 Å². The van der Waals surface area contributed by atoms with Crippen LogP contribution in [-0.2, 0) is 0 Å². The lowest BCUT2D eigenvalue weighted by molar-refractivity contribution is 0.0992. The van der Waals surface area contributed by atoms with E-state index in [9.17, 15) is 14.7 Å². The standard InChI is InChI=1S/C23H19N5O3S/c1-13-4-6-16(26-22(31)14-5-7-17(21(24)30)20(29)9-14)10-18(13)27-23-28-19(12-32-23)15-3-2-8-25-11-15/h2-12,29H,1H3,(H2,24,30)(H,26,31)(H,27,28). The van der Waals surface area contributed by atoms with E-state index in [1.165, 1.54) is 29.5 Å². The highest BCUT2D eigenvalue weighted by Crippen LogP contribution is 2.29. The van der Waals surface area contributed by atoms with Crippen molar-refractivity contribution in [1.29, 1.82) is 0 Å². The Morgan fingerprint density at radius 2 is 1.97 bits per heavy atom. The molecule has 0 aliphatic carbocycles. The first kappa shape index (κ1) is 21.0. The van der Waals surface area contributed by atoms with Crippen molar-refractivity contribution in [3.8, 4) is 17.0 Å². The molecule has 9 heteroatoms. The third-order valence-corrected chi connectivity index (χ3v) is 5.48. The van der Waals surface area contributed by atoms with Crippen molar-refractivity contribution in [2.75, 3.05) is 10.6 Å². The van der Waals surface area contributed by atoms with Gasteiger partial charge in [-0.25, -0.2) is 4.98 Å². The third-order valence-electron chi connectivity index (χ3n) is 4.72. The van der Waals surface area contributed by atoms with Crippen molar-refractivity contribution in [2.45, 2.75) is 6.92 Å². The molecule has 2 amide bonds. The quantitative estimate of drug-likeness (QED) is 0.350. The topological polar surface area (TPSA) is 130 Å². The van der Waals surface area contributed by atoms with E-state index in [0.717, 1.165) is 22.5 Å². The van der Waals surface area contributed by atoms with Crippen molar-refractivity contribution >= 4 is 39.7 Å². The van der Waals surface area contributed by atoms with Gasteiger partial charge in [0.25, 0.3) is 11.8 Å². The third kappa shape index (κ3) is 4.57. The monoisotopic (exact) mass is 445 g/mol. The number of hydrogen-bond acceptors (Lipinski definition) is 7. The molecule has 0 saturated carbocycles. The van der Waals surface area contributed by atoms with Gasteiger partial charge in [-0.1, -0.05) is 6.07 Å². The first-order valence-corrected chi connectivity index (χ1v) is 10.5. The maximum Gasteiger partial charge on any atom is 0.255 e. The summed E-state index contributed by atoms with van der Waals surface area (Å²) < 4.78 is 0. The Labute approximate surface area is 187 Å². The van der Waals surface area contributed by atoms with Crippen LogP contribution in [0.2, 0.25) is 0 Å². The second-order valence-electron chi connectivity index (χ2n) is 6.98. The smallest absolute Gasteiger partial charge is 0.255 e. The molecule has 5 N–H and O–H groups in total. The molecule has 0 aliphatic rings. The van der Waals surface area contributed by atoms with Gasteiger partial charge >= 0.3 is 0 Å². The number of benzene rings is 2. The van der Waals surface area contributed by atoms with Crippen LogP contribution in [0.3, 0.4) is 0 Å². The number of pyridine rings is 1. The highest BCUT2D eigenvalue weighted by Gasteiger charge is 2.13. The number of rotatable bonds is 6. The van der Waals surface area contributed by atoms with Crippen LogP contribution < -0.4 is 16.4 Å². The molecule has 8 nitrogen and oxygen atoms in total. The summed E-state index contributed by atoms with van der Waals surface area (Å²) in [4.78, 5) is 32.5. The van der Waals surface area contributed by atoms with Gasteiger partial charge in [0, 0.05) is 40.3 Å². The van der Waals surface area contributed by atoms with E-state index < -0.39 is 11.8 Å². The molecule has 0 spiro atoms. The summed E-state index contributed by atoms with van der Waals surface area (Å²) in [5.41, 5.74) is 9.42. The fourth-order valence-electron chi connectivity index (χ4n) is 3.01. The van der Waals surface area contributed by atoms with Crippen LogP contribution in [0, 0.1) is 6.92 Å². The first-order valence-electron chi connectivity index (χ1n) is 9.58. The highest BCUT2D eigenvalue weighted by molar-refractivity contribution is 7.14. The van der Waals surface area contributed by atoms with Crippen molar-refractivity contribution in [2.24, 2.45) is 5.73 Å². The Balaban J connectivity index is 1.51. The number of aromatic nitrogens is 2. The van der Waals surface area contributed by atoms with Gasteiger partial charge in [0.1, 0.15) is 5.75 Å². The summed E-state index contributed by atoms with van der Waals surface area (Å²) in [6.07, 6.45) is 3.47. The molecule has 2 aromatic carbocycles. The Bertz CT molecular complexity index is 1300. The van der Waals surface area contributed by atoms with Gasteiger partial charge in [-0.2, -0.15) is 0 Å². The molecule has 0 atom stereocenters. The number of carbonyl (C=O) groups is 2. The molecule has 160 valence electrons. The Kier molecular flexibility index (Phi) is 5.82. The van der Waals surface area contributed by atoms with E-state index in [1.807, 2.05) is 30.5 Å². The van der Waals surface area contributed by atoms with Crippen molar-refractivity contribution in [3.63, 3.8) is 0 Å². The first-order chi connectivity index (χ1) is 15.4. The van der Waals surface area contributed by atoms with E-state index in [2.05, 4.69) is 20.6 Å². The minimum atomic E-state index is -0.766. The number of nitrogens with two attached hydrogens (primary N) is 1. The Hall–Kier alpha value is -4.24. The lowest BCUT2D eigenvalue weighted by Gasteiger charge is -2.11. The lowest BCUT2D eigenvalue weighted by atomic mass is 10.1. The molecule has 0 fully saturated rings. The van der Waals surface area contributed by atoms with Crippen LogP contribution in [0.15, 0.2) is 66.3 Å². The summed E-state index contributed by atoms with van der Waals surface area (Å²) in [5.74, 6) is -1.54. The number of primary amides is 1. The van der Waals surface area contributed by atoms with E-state index in [1.54, 1.807) is 24.5 Å². The summed E-state index contributed by atoms with van der Waals surface area (Å²) in [5, 5.41) is 18.6. The van der Waals surface area contributed by atoms with E-state index in [4.69, 9.17) is 5.73 Å². The fraction of sp³-hybridized carbons (Fsp3) is 0.0435. The van der Waals surface area contributed by atoms with Crippen LogP contribution in [-0.4, -0.2) is 26.9 Å². The molecular weight excluding hydrogens is 426 g/mol. The number of carbonyl (C=O) groups excluding carboxylic acids is 2. The largest absolute Gasteiger partial charge is 0.507 e. The maximum atomic E-state index is 12.6. The zero-order valence-corrected chi connectivity index (χ0v) is 17.8. The number of aryl methyl sites for hydroxylation is 1. The average Bonchev–Trinajstić information content (AvgIpc) is 3.25. The average molecular weight is 446 g/mol. The number of anilines is 3. The summed E-state index contributed by atoms with van der Waals surface area (Å²) in [6.45, 7) is 1.95. The summed E-state index contributed by atoms with van der Waals surface area (Å²) in [6, 6.07) is 13.2. The van der Waals surface area contributed by atoms with Crippen LogP contribution in [0.1, 0.15) is 26.3 Å². The predicted molar refractivity (Wildman–Crippen MR) is 124 cm³/mol. The zero-order chi connectivity index (χ0) is 22.7. The second-order valence-corrected chi connectivity index (χ2v) is 7.84. The molecule has 0 unspecified atom stereocenters. The molecule has 0 bridgehead atoms. The molecule has 4 rings (SSSR count). The number of phenols is 1. The summed E-state index contributed by atoms with van der Waals surface area (Å²) in [7, 11) is 0. The molecule has 2 aromatic heterocycles. The van der Waals surface area contributed by atoms with Crippen LogP contribution in [0.25, 0.3) is 11.3 Å². The van der Waals surface area contributed by atoms with Crippen molar-refractivity contribution in [3.05, 3.63) is 83.0 Å². The highest BCUT2D eigenvalue weighted by atomic mass is 32.1. The predicted octanol–water partition coefficient (Wildman–Crippen LogP) is 4.31. The SMILES string of the molecule is Cc1ccc(NC(=O)c2ccc(C(N)=O)c(O)c2)cc1Nc1nc(-c2cccnc2)cs1. The molecule has 2 heterocycles. The minimum absolute atomic E-state index is 0.0440. The van der Waals surface area contributed by atoms with Gasteiger partial charge in [0.15, 0.2) is 5.13 Å². The minimum Gasteiger partial charge on any atom is -0.507 e. The van der Waals surface area contributed by atoms with Crippen LogP contribution in [0.5, 0.6) is 5.75 Å². The second kappa shape index (κ2) is 8.86. The number of hydrogen-bond donors (Lipinski definition) is 4. The fourth-order valence-corrected chi connectivity index (χ4v) is 3.74. The molecule has 0 aliphatic heterocycles. The van der Waals surface area contributed by atoms with E-state index in [0.29, 0.717) is 10.8 Å². The van der Waals surface area contributed by atoms with Gasteiger partial charge in [-0.3, -0.25) is 14.6 Å². The van der Waals surface area contributed by atoms with Crippen molar-refractivity contribution < 1.29 is 14.7 Å². The molecular formula is C23H19N5O3S. The van der Waals surface area contributed by atoms with Gasteiger partial charge in [0.2, 0.25) is 0 Å². The number of nitrogens with one attached hydrogen (secondary N) is 2. The molecule has 0 radical (unpaired) electrons. The molecule has 32 heavy (non-hydrogen) atoms. The number of thiazole rings is 1. The van der Waals surface area contributed by atoms with Crippen LogP contribution in [0.4, 0.5) is 16.5 Å². The Morgan fingerprint density at radius 3 is 2.69 bits per heavy atom. The molecule has 4 aromatic rings. The number of nitrogens with zero attached hydrogens (tertiary/aromatic N) is 2. The lowest BCUT2D eigenvalue weighted by Crippen LogP contribution is -2.14. The zero-order valence-electron chi connectivity index (χ0n) is 17.0. The number of amides is 2. The van der Waals surface area contributed by atoms with Gasteiger partial charge < -0.3 is 21.5 Å². The maximum absolute atomic E-state index is 12.6. The van der Waals surface area contributed by atoms with E-state index in [-0.39, 0.29) is 16.9 Å². The Morgan fingerprint density at radius 1 is 1.12 bits per heavy atom. The van der Waals surface area contributed by atoms with E-state index >= 15 is 0 Å².